The molecule has 0 saturated carbocycles. The Kier molecular flexibility index (Phi) is 8.32. The van der Waals surface area contributed by atoms with E-state index in [-0.39, 0.29) is 10.8 Å². The van der Waals surface area contributed by atoms with Crippen LogP contribution < -0.4 is 10.6 Å². The molecular formula is C43H37N5O3S. The molecule has 1 amide bonds. The van der Waals surface area contributed by atoms with Gasteiger partial charge in [0.15, 0.2) is 15.5 Å². The van der Waals surface area contributed by atoms with Gasteiger partial charge < -0.3 is 15.2 Å². The summed E-state index contributed by atoms with van der Waals surface area (Å²) in [5.74, 6) is -0.127. The molecule has 0 atom stereocenters. The van der Waals surface area contributed by atoms with Gasteiger partial charge in [0.05, 0.1) is 34.3 Å². The number of fused-ring (bicyclic) bond motifs is 2. The van der Waals surface area contributed by atoms with Gasteiger partial charge in [-0.2, -0.15) is 0 Å². The molecule has 0 unspecified atom stereocenters. The second-order valence-corrected chi connectivity index (χ2v) is 15.8. The molecule has 3 heterocycles. The molecule has 1 aliphatic heterocycles. The smallest absolute Gasteiger partial charge is 0.259 e. The number of nitrogens with zero attached hydrogens (tertiary/aromatic N) is 4. The molecule has 9 heteroatoms. The predicted molar refractivity (Wildman–Crippen MR) is 205 cm³/mol. The van der Waals surface area contributed by atoms with Crippen LogP contribution in [0.15, 0.2) is 151 Å². The summed E-state index contributed by atoms with van der Waals surface area (Å²) in [6.45, 7) is 4.07. The molecule has 0 spiro atoms. The molecule has 258 valence electrons. The van der Waals surface area contributed by atoms with Crippen molar-refractivity contribution in [3.05, 3.63) is 179 Å². The third kappa shape index (κ3) is 5.32. The first-order valence-electron chi connectivity index (χ1n) is 17.3. The molecule has 8 nitrogen and oxygen atoms in total. The molecule has 1 aliphatic rings. The molecule has 5 aromatic carbocycles. The maximum atomic E-state index is 14.2. The lowest BCUT2D eigenvalue weighted by molar-refractivity contribution is 0.0996. The maximum Gasteiger partial charge on any atom is 0.259 e. The number of rotatable bonds is 9. The molecule has 2 aromatic heterocycles. The topological polar surface area (TPSA) is 111 Å². The summed E-state index contributed by atoms with van der Waals surface area (Å²) in [7, 11) is -3.45. The van der Waals surface area contributed by atoms with Crippen molar-refractivity contribution in [2.75, 3.05) is 4.90 Å². The zero-order valence-corrected chi connectivity index (χ0v) is 29.7. The summed E-state index contributed by atoms with van der Waals surface area (Å²) in [6.07, 6.45) is 3.72. The Balaban J connectivity index is 1.41. The second kappa shape index (κ2) is 13.0. The minimum absolute atomic E-state index is 0.127. The highest BCUT2D eigenvalue weighted by Crippen LogP contribution is 2.45. The van der Waals surface area contributed by atoms with E-state index in [1.807, 2.05) is 79.0 Å². The molecule has 8 rings (SSSR count). The molecule has 0 radical (unpaired) electrons. The van der Waals surface area contributed by atoms with Gasteiger partial charge in [0.2, 0.25) is 0 Å². The van der Waals surface area contributed by atoms with Gasteiger partial charge in [-0.05, 0) is 59.9 Å². The second-order valence-electron chi connectivity index (χ2n) is 13.3. The summed E-state index contributed by atoms with van der Waals surface area (Å²) in [5, 5.41) is -0.543. The highest BCUT2D eigenvalue weighted by molar-refractivity contribution is 7.92. The van der Waals surface area contributed by atoms with Crippen LogP contribution in [0.3, 0.4) is 0 Å². The number of benzene rings is 5. The van der Waals surface area contributed by atoms with E-state index in [1.165, 1.54) is 0 Å². The van der Waals surface area contributed by atoms with Crippen LogP contribution in [-0.4, -0.2) is 34.1 Å². The highest BCUT2D eigenvalue weighted by atomic mass is 32.2. The van der Waals surface area contributed by atoms with Gasteiger partial charge in [-0.15, -0.1) is 0 Å². The van der Waals surface area contributed by atoms with Crippen molar-refractivity contribution in [2.24, 2.45) is 5.73 Å². The number of hydrogen-bond acceptors (Lipinski definition) is 6. The van der Waals surface area contributed by atoms with Crippen molar-refractivity contribution in [1.29, 1.82) is 0 Å². The zero-order valence-electron chi connectivity index (χ0n) is 28.8. The SMILES string of the molecule is CC(C)S(=O)(=O)c1ccc(-c2cnc3c(n2)c(N2Cc4cc(CN)ccc4C2=O)cn3C(c2ccccc2)(c2ccccc2)c2ccccc2)cc1. The van der Waals surface area contributed by atoms with E-state index >= 15 is 0 Å². The summed E-state index contributed by atoms with van der Waals surface area (Å²) in [5.41, 5.74) is 13.6. The van der Waals surface area contributed by atoms with E-state index in [9.17, 15) is 13.2 Å². The lowest BCUT2D eigenvalue weighted by Gasteiger charge is -2.38. The van der Waals surface area contributed by atoms with Gasteiger partial charge in [0, 0.05) is 23.9 Å². The number of nitrogens with two attached hydrogens (primary N) is 1. The Morgan fingerprint density at radius 3 is 1.90 bits per heavy atom. The van der Waals surface area contributed by atoms with Crippen molar-refractivity contribution in [3.8, 4) is 11.3 Å². The van der Waals surface area contributed by atoms with E-state index in [0.717, 1.165) is 27.8 Å². The van der Waals surface area contributed by atoms with Crippen LogP contribution in [0.4, 0.5) is 5.69 Å². The average Bonchev–Trinajstić information content (AvgIpc) is 3.73. The lowest BCUT2D eigenvalue weighted by Crippen LogP contribution is -2.37. The number of hydrogen-bond donors (Lipinski definition) is 1. The fourth-order valence-corrected chi connectivity index (χ4v) is 8.37. The summed E-state index contributed by atoms with van der Waals surface area (Å²) in [6, 6.07) is 43.4. The van der Waals surface area contributed by atoms with Crippen LogP contribution >= 0.6 is 0 Å². The minimum Gasteiger partial charge on any atom is -0.326 e. The Morgan fingerprint density at radius 1 is 0.788 bits per heavy atom. The first kappa shape index (κ1) is 33.3. The van der Waals surface area contributed by atoms with Crippen molar-refractivity contribution >= 4 is 32.6 Å². The maximum absolute atomic E-state index is 14.2. The molecular weight excluding hydrogens is 667 g/mol. The van der Waals surface area contributed by atoms with Gasteiger partial charge in [-0.3, -0.25) is 4.79 Å². The third-order valence-electron chi connectivity index (χ3n) is 10.0. The molecule has 52 heavy (non-hydrogen) atoms. The van der Waals surface area contributed by atoms with Crippen molar-refractivity contribution in [2.45, 2.75) is 42.6 Å². The van der Waals surface area contributed by atoms with E-state index in [2.05, 4.69) is 41.0 Å². The largest absolute Gasteiger partial charge is 0.326 e. The fraction of sp³-hybridized carbons (Fsp3) is 0.140. The normalized spacial score (nSPS) is 13.2. The number of anilines is 1. The average molecular weight is 704 g/mol. The standard InChI is InChI=1S/C43H37N5O3S/c1-29(2)52(50,51)36-21-19-31(20-22-36)38-26-45-41-40(46-38)39(47-27-32-24-30(25-44)18-23-37(32)42(47)49)28-48(41)43(33-12-6-3-7-13-33,34-14-8-4-9-15-34)35-16-10-5-11-17-35/h3-24,26,28-29H,25,27,44H2,1-2H3. The Morgan fingerprint density at radius 2 is 1.37 bits per heavy atom. The zero-order chi connectivity index (χ0) is 36.0. The first-order chi connectivity index (χ1) is 25.2. The number of amides is 1. The van der Waals surface area contributed by atoms with Crippen LogP contribution in [0.1, 0.15) is 52.0 Å². The number of aromatic nitrogens is 3. The van der Waals surface area contributed by atoms with E-state index in [4.69, 9.17) is 15.7 Å². The molecule has 0 saturated heterocycles. The van der Waals surface area contributed by atoms with Crippen molar-refractivity contribution in [1.82, 2.24) is 14.5 Å². The van der Waals surface area contributed by atoms with Gasteiger partial charge >= 0.3 is 0 Å². The fourth-order valence-electron chi connectivity index (χ4n) is 7.31. The Hall–Kier alpha value is -5.90. The lowest BCUT2D eigenvalue weighted by atomic mass is 9.76. The van der Waals surface area contributed by atoms with E-state index in [0.29, 0.717) is 46.8 Å². The monoisotopic (exact) mass is 703 g/mol. The van der Waals surface area contributed by atoms with E-state index in [1.54, 1.807) is 49.2 Å². The molecule has 0 fully saturated rings. The molecule has 2 N–H and O–H groups in total. The highest BCUT2D eigenvalue weighted by Gasteiger charge is 2.42. The van der Waals surface area contributed by atoms with Crippen molar-refractivity contribution in [3.63, 3.8) is 0 Å². The predicted octanol–water partition coefficient (Wildman–Crippen LogP) is 7.74. The van der Waals surface area contributed by atoms with Gasteiger partial charge in [0.25, 0.3) is 5.91 Å². The van der Waals surface area contributed by atoms with Gasteiger partial charge in [-0.25, -0.2) is 18.4 Å². The van der Waals surface area contributed by atoms with Crippen molar-refractivity contribution < 1.29 is 13.2 Å². The molecule has 0 aliphatic carbocycles. The van der Waals surface area contributed by atoms with Crippen LogP contribution in [0.25, 0.3) is 22.4 Å². The minimum atomic E-state index is -3.45. The summed E-state index contributed by atoms with van der Waals surface area (Å²) >= 11 is 0. The van der Waals surface area contributed by atoms with E-state index < -0.39 is 20.6 Å². The quantitative estimate of drug-likeness (QED) is 0.154. The third-order valence-corrected chi connectivity index (χ3v) is 12.2. The van der Waals surface area contributed by atoms with Crippen LogP contribution in [-0.2, 0) is 28.5 Å². The van der Waals surface area contributed by atoms with Crippen LogP contribution in [0.2, 0.25) is 0 Å². The number of carbonyl (C=O) groups excluding carboxylic acids is 1. The summed E-state index contributed by atoms with van der Waals surface area (Å²) in [4.78, 5) is 26.6. The molecule has 0 bridgehead atoms. The summed E-state index contributed by atoms with van der Waals surface area (Å²) < 4.78 is 27.9. The molecule has 7 aromatic rings. The van der Waals surface area contributed by atoms with Gasteiger partial charge in [0.1, 0.15) is 11.1 Å². The number of sulfone groups is 1. The Bertz CT molecular complexity index is 2440. The number of carbonyl (C=O) groups is 1. The Labute approximate surface area is 303 Å². The van der Waals surface area contributed by atoms with Gasteiger partial charge in [-0.1, -0.05) is 115 Å². The van der Waals surface area contributed by atoms with Crippen LogP contribution in [0.5, 0.6) is 0 Å². The van der Waals surface area contributed by atoms with Crippen LogP contribution in [0, 0.1) is 0 Å². The first-order valence-corrected chi connectivity index (χ1v) is 18.8.